The van der Waals surface area contributed by atoms with E-state index in [0.717, 1.165) is 5.56 Å². The van der Waals surface area contributed by atoms with Crippen LogP contribution in [-0.4, -0.2) is 54.1 Å². The zero-order chi connectivity index (χ0) is 18.2. The van der Waals surface area contributed by atoms with Crippen LogP contribution >= 0.6 is 0 Å². The topological polar surface area (TPSA) is 86.3 Å². The molecule has 25 heavy (non-hydrogen) atoms. The number of aryl methyl sites for hydroxylation is 1. The molecule has 0 spiro atoms. The number of carbonyl (C=O) groups excluding carboxylic acids is 1. The van der Waals surface area contributed by atoms with Crippen LogP contribution in [-0.2, 0) is 19.0 Å². The van der Waals surface area contributed by atoms with Gasteiger partial charge in [0.25, 0.3) is 0 Å². The minimum Gasteiger partial charge on any atom is -0.463 e. The Kier molecular flexibility index (Phi) is 5.02. The molecule has 2 N–H and O–H groups in total. The average molecular weight is 351 g/mol. The van der Waals surface area contributed by atoms with Gasteiger partial charge in [0, 0.05) is 6.92 Å². The molecule has 5 unspecified atom stereocenters. The molecule has 138 valence electrons. The van der Waals surface area contributed by atoms with Gasteiger partial charge in [-0.15, -0.1) is 0 Å². The molecule has 2 saturated heterocycles. The Hall–Kier alpha value is -1.67. The van der Waals surface area contributed by atoms with Crippen molar-refractivity contribution in [3.63, 3.8) is 0 Å². The van der Waals surface area contributed by atoms with Crippen LogP contribution in [0.15, 0.2) is 24.3 Å². The zero-order valence-electron chi connectivity index (χ0n) is 14.9. The lowest BCUT2D eigenvalue weighted by Gasteiger charge is -2.49. The molecular weight excluding hydrogens is 326 g/mol. The van der Waals surface area contributed by atoms with Gasteiger partial charge in [-0.2, -0.15) is 0 Å². The van der Waals surface area contributed by atoms with E-state index in [4.69, 9.17) is 18.9 Å². The maximum Gasteiger partial charge on any atom is 0.223 e. The third-order valence-electron chi connectivity index (χ3n) is 4.33. The van der Waals surface area contributed by atoms with Crippen LogP contribution in [0.25, 0.3) is 0 Å². The van der Waals surface area contributed by atoms with Crippen LogP contribution in [0.4, 0.5) is 0 Å². The molecule has 0 aliphatic carbocycles. The van der Waals surface area contributed by atoms with E-state index >= 15 is 0 Å². The fourth-order valence-electron chi connectivity index (χ4n) is 3.08. The smallest absolute Gasteiger partial charge is 0.223 e. The quantitative estimate of drug-likeness (QED) is 0.849. The van der Waals surface area contributed by atoms with Gasteiger partial charge in [-0.05, 0) is 32.9 Å². The molecule has 0 saturated carbocycles. The van der Waals surface area contributed by atoms with Crippen molar-refractivity contribution in [2.45, 2.75) is 64.1 Å². The molecule has 2 aliphatic rings. The standard InChI is InChI=1S/C18H25NO6/c1-10-5-7-12(8-6-10)23-17-14(19-11(2)20)15(21)16-13(24-17)9-22-18(3,4)25-16/h5-8,13-17,21H,9H2,1-4H3,(H,19,20). The Bertz CT molecular complexity index is 616. The first-order chi connectivity index (χ1) is 11.7. The Labute approximate surface area is 147 Å². The fourth-order valence-corrected chi connectivity index (χ4v) is 3.08. The summed E-state index contributed by atoms with van der Waals surface area (Å²) in [6.07, 6.45) is -2.93. The summed E-state index contributed by atoms with van der Waals surface area (Å²) >= 11 is 0. The van der Waals surface area contributed by atoms with Crippen molar-refractivity contribution in [2.75, 3.05) is 6.61 Å². The third kappa shape index (κ3) is 4.12. The molecule has 1 aromatic rings. The Morgan fingerprint density at radius 2 is 2.00 bits per heavy atom. The first-order valence-electron chi connectivity index (χ1n) is 8.41. The van der Waals surface area contributed by atoms with Gasteiger partial charge >= 0.3 is 0 Å². The third-order valence-corrected chi connectivity index (χ3v) is 4.33. The van der Waals surface area contributed by atoms with Crippen molar-refractivity contribution in [1.29, 1.82) is 0 Å². The highest BCUT2D eigenvalue weighted by atomic mass is 16.8. The number of carbonyl (C=O) groups is 1. The highest BCUT2D eigenvalue weighted by Gasteiger charge is 2.52. The van der Waals surface area contributed by atoms with Gasteiger partial charge in [-0.1, -0.05) is 17.7 Å². The van der Waals surface area contributed by atoms with Crippen molar-refractivity contribution in [2.24, 2.45) is 0 Å². The highest BCUT2D eigenvalue weighted by molar-refractivity contribution is 5.73. The van der Waals surface area contributed by atoms with Gasteiger partial charge in [-0.25, -0.2) is 0 Å². The van der Waals surface area contributed by atoms with E-state index in [1.807, 2.05) is 31.2 Å². The van der Waals surface area contributed by atoms with Crippen LogP contribution in [0.5, 0.6) is 5.75 Å². The maximum atomic E-state index is 11.6. The number of nitrogens with one attached hydrogen (secondary N) is 1. The molecule has 0 bridgehead atoms. The van der Waals surface area contributed by atoms with E-state index in [1.165, 1.54) is 6.92 Å². The number of amides is 1. The van der Waals surface area contributed by atoms with Crippen LogP contribution in [0.3, 0.4) is 0 Å². The summed E-state index contributed by atoms with van der Waals surface area (Å²) in [7, 11) is 0. The lowest BCUT2D eigenvalue weighted by atomic mass is 9.95. The Morgan fingerprint density at radius 1 is 1.32 bits per heavy atom. The summed E-state index contributed by atoms with van der Waals surface area (Å²) in [4.78, 5) is 11.6. The second-order valence-corrected chi connectivity index (χ2v) is 6.98. The van der Waals surface area contributed by atoms with E-state index in [9.17, 15) is 9.90 Å². The molecule has 5 atom stereocenters. The summed E-state index contributed by atoms with van der Waals surface area (Å²) in [5.74, 6) is -0.513. The zero-order valence-corrected chi connectivity index (χ0v) is 14.9. The van der Waals surface area contributed by atoms with E-state index in [-0.39, 0.29) is 12.5 Å². The SMILES string of the molecule is CC(=O)NC1C(Oc2ccc(C)cc2)OC2COC(C)(C)OC2C1O. The average Bonchev–Trinajstić information content (AvgIpc) is 2.53. The summed E-state index contributed by atoms with van der Waals surface area (Å²) in [6.45, 7) is 7.19. The lowest BCUT2D eigenvalue weighted by Crippen LogP contribution is -2.69. The number of fused-ring (bicyclic) bond motifs is 1. The molecule has 2 aliphatic heterocycles. The molecule has 7 heteroatoms. The number of aliphatic hydroxyl groups excluding tert-OH is 1. The molecule has 2 heterocycles. The van der Waals surface area contributed by atoms with Crippen molar-refractivity contribution >= 4 is 5.91 Å². The monoisotopic (exact) mass is 351 g/mol. The van der Waals surface area contributed by atoms with Gasteiger partial charge < -0.3 is 29.4 Å². The van der Waals surface area contributed by atoms with Crippen LogP contribution in [0, 0.1) is 6.92 Å². The minimum atomic E-state index is -0.985. The number of hydrogen-bond donors (Lipinski definition) is 2. The number of hydrogen-bond acceptors (Lipinski definition) is 6. The Morgan fingerprint density at radius 3 is 2.64 bits per heavy atom. The molecule has 3 rings (SSSR count). The lowest BCUT2D eigenvalue weighted by molar-refractivity contribution is -0.361. The molecular formula is C18H25NO6. The van der Waals surface area contributed by atoms with Crippen molar-refractivity contribution in [3.05, 3.63) is 29.8 Å². The predicted molar refractivity (Wildman–Crippen MR) is 89.0 cm³/mol. The van der Waals surface area contributed by atoms with Crippen molar-refractivity contribution in [1.82, 2.24) is 5.32 Å². The number of ether oxygens (including phenoxy) is 4. The molecule has 1 aromatic carbocycles. The summed E-state index contributed by atoms with van der Waals surface area (Å²) < 4.78 is 23.3. The van der Waals surface area contributed by atoms with E-state index < -0.39 is 36.4 Å². The fraction of sp³-hybridized carbons (Fsp3) is 0.611. The van der Waals surface area contributed by atoms with E-state index in [0.29, 0.717) is 5.75 Å². The first kappa shape index (κ1) is 18.1. The highest BCUT2D eigenvalue weighted by Crippen LogP contribution is 2.33. The minimum absolute atomic E-state index is 0.273. The second kappa shape index (κ2) is 6.92. The van der Waals surface area contributed by atoms with Gasteiger partial charge in [0.15, 0.2) is 5.79 Å². The van der Waals surface area contributed by atoms with E-state index in [2.05, 4.69) is 5.32 Å². The molecule has 1 amide bonds. The predicted octanol–water partition coefficient (Wildman–Crippen LogP) is 1.12. The van der Waals surface area contributed by atoms with Crippen LogP contribution in [0.1, 0.15) is 26.3 Å². The maximum absolute atomic E-state index is 11.6. The molecule has 2 fully saturated rings. The second-order valence-electron chi connectivity index (χ2n) is 6.98. The van der Waals surface area contributed by atoms with Crippen LogP contribution in [0.2, 0.25) is 0 Å². The summed E-state index contributed by atoms with van der Waals surface area (Å²) in [5.41, 5.74) is 1.10. The first-order valence-corrected chi connectivity index (χ1v) is 8.41. The van der Waals surface area contributed by atoms with Gasteiger partial charge in [-0.3, -0.25) is 4.79 Å². The van der Waals surface area contributed by atoms with Gasteiger partial charge in [0.05, 0.1) is 6.61 Å². The molecule has 0 radical (unpaired) electrons. The molecule has 7 nitrogen and oxygen atoms in total. The normalized spacial score (nSPS) is 34.0. The number of benzene rings is 1. The molecule has 0 aromatic heterocycles. The van der Waals surface area contributed by atoms with Crippen molar-refractivity contribution in [3.8, 4) is 5.75 Å². The van der Waals surface area contributed by atoms with Gasteiger partial charge in [0.2, 0.25) is 12.2 Å². The Balaban J connectivity index is 1.80. The van der Waals surface area contributed by atoms with Crippen LogP contribution < -0.4 is 10.1 Å². The summed E-state index contributed by atoms with van der Waals surface area (Å²) in [6, 6.07) is 6.71. The van der Waals surface area contributed by atoms with Crippen molar-refractivity contribution < 1.29 is 28.8 Å². The number of rotatable bonds is 3. The largest absolute Gasteiger partial charge is 0.463 e. The van der Waals surface area contributed by atoms with Gasteiger partial charge in [0.1, 0.15) is 30.1 Å². The van der Waals surface area contributed by atoms with E-state index in [1.54, 1.807) is 13.8 Å². The number of aliphatic hydroxyl groups is 1. The summed E-state index contributed by atoms with van der Waals surface area (Å²) in [5, 5.41) is 13.5.